The van der Waals surface area contributed by atoms with E-state index in [0.29, 0.717) is 0 Å². The summed E-state index contributed by atoms with van der Waals surface area (Å²) in [7, 11) is 0. The first kappa shape index (κ1) is 13.7. The molecule has 0 amide bonds. The van der Waals surface area contributed by atoms with Gasteiger partial charge in [0, 0.05) is 9.95 Å². The van der Waals surface area contributed by atoms with Crippen LogP contribution in [0, 0.1) is 0 Å². The van der Waals surface area contributed by atoms with Gasteiger partial charge in [-0.15, -0.1) is 11.8 Å². The van der Waals surface area contributed by atoms with Crippen LogP contribution in [-0.4, -0.2) is 9.95 Å². The molecule has 0 saturated carbocycles. The molecular formula is C14H20S2. The quantitative estimate of drug-likeness (QED) is 0.721. The van der Waals surface area contributed by atoms with Gasteiger partial charge in [0.15, 0.2) is 0 Å². The van der Waals surface area contributed by atoms with Gasteiger partial charge in [0.1, 0.15) is 0 Å². The second-order valence-electron chi connectivity index (χ2n) is 5.04. The first-order chi connectivity index (χ1) is 7.39. The first-order valence-corrected chi connectivity index (χ1v) is 7.02. The lowest BCUT2D eigenvalue weighted by Gasteiger charge is -2.19. The van der Waals surface area contributed by atoms with Gasteiger partial charge in [0.05, 0.1) is 0 Å². The van der Waals surface area contributed by atoms with Crippen molar-refractivity contribution in [2.24, 2.45) is 0 Å². The minimum atomic E-state index is 0.248. The van der Waals surface area contributed by atoms with Crippen LogP contribution in [-0.2, 0) is 11.8 Å². The van der Waals surface area contributed by atoms with Crippen molar-refractivity contribution in [1.29, 1.82) is 0 Å². The van der Waals surface area contributed by atoms with Crippen molar-refractivity contribution in [2.45, 2.75) is 39.5 Å². The zero-order valence-corrected chi connectivity index (χ0v) is 12.2. The zero-order valence-electron chi connectivity index (χ0n) is 10.5. The van der Waals surface area contributed by atoms with Gasteiger partial charge in [-0.2, -0.15) is 0 Å². The normalized spacial score (nSPS) is 11.5. The smallest absolute Gasteiger partial charge is 0.0447 e. The minimum absolute atomic E-state index is 0.248. The van der Waals surface area contributed by atoms with Crippen LogP contribution in [0.5, 0.6) is 0 Å². The van der Waals surface area contributed by atoms with Crippen LogP contribution in [0.1, 0.15) is 38.8 Å². The predicted octanol–water partition coefficient (Wildman–Crippen LogP) is 4.61. The van der Waals surface area contributed by atoms with Crippen molar-refractivity contribution in [3.8, 4) is 0 Å². The molecule has 0 bridgehead atoms. The average molecular weight is 252 g/mol. The van der Waals surface area contributed by atoms with Gasteiger partial charge in [-0.05, 0) is 29.9 Å². The van der Waals surface area contributed by atoms with E-state index in [1.807, 2.05) is 6.92 Å². The molecule has 1 aromatic carbocycles. The topological polar surface area (TPSA) is 0 Å². The van der Waals surface area contributed by atoms with E-state index in [2.05, 4.69) is 45.0 Å². The number of thioether (sulfide) groups is 1. The molecule has 1 rings (SSSR count). The molecule has 0 aromatic heterocycles. The van der Waals surface area contributed by atoms with Crippen molar-refractivity contribution < 1.29 is 0 Å². The van der Waals surface area contributed by atoms with Crippen LogP contribution in [0.2, 0.25) is 0 Å². The summed E-state index contributed by atoms with van der Waals surface area (Å²) in [5.74, 6) is 1.09. The number of hydrogen-bond donors (Lipinski definition) is 0. The number of hydrogen-bond acceptors (Lipinski definition) is 2. The second kappa shape index (κ2) is 5.83. The molecule has 0 nitrogen and oxygen atoms in total. The lowest BCUT2D eigenvalue weighted by atomic mass is 9.86. The highest BCUT2D eigenvalue weighted by molar-refractivity contribution is 8.23. The highest BCUT2D eigenvalue weighted by Crippen LogP contribution is 2.22. The Morgan fingerprint density at radius 2 is 1.75 bits per heavy atom. The van der Waals surface area contributed by atoms with E-state index in [0.717, 1.165) is 16.4 Å². The Kier molecular flexibility index (Phi) is 5.00. The molecule has 0 atom stereocenters. The molecule has 0 radical (unpaired) electrons. The minimum Gasteiger partial charge on any atom is -0.119 e. The zero-order chi connectivity index (χ0) is 12.2. The Morgan fingerprint density at radius 1 is 1.19 bits per heavy atom. The number of aryl methyl sites for hydroxylation is 1. The number of benzene rings is 1. The highest BCUT2D eigenvalue weighted by Gasteiger charge is 2.12. The van der Waals surface area contributed by atoms with Crippen LogP contribution in [0.15, 0.2) is 24.3 Å². The van der Waals surface area contributed by atoms with Gasteiger partial charge >= 0.3 is 0 Å². The molecule has 88 valence electrons. The van der Waals surface area contributed by atoms with Crippen LogP contribution in [0.25, 0.3) is 0 Å². The Bertz CT molecular complexity index is 344. The summed E-state index contributed by atoms with van der Waals surface area (Å²) < 4.78 is 1.03. The Hall–Kier alpha value is -0.340. The molecule has 16 heavy (non-hydrogen) atoms. The predicted molar refractivity (Wildman–Crippen MR) is 79.6 cm³/mol. The van der Waals surface area contributed by atoms with Crippen LogP contribution < -0.4 is 0 Å². The molecule has 1 aromatic rings. The Morgan fingerprint density at radius 3 is 2.19 bits per heavy atom. The van der Waals surface area contributed by atoms with Gasteiger partial charge in [0.2, 0.25) is 0 Å². The standard InChI is InChI=1S/C14H20S2/c1-11(15)16-10-9-12-5-7-13(8-6-12)14(2,3)4/h5-8H,9-10H2,1-4H3. The lowest BCUT2D eigenvalue weighted by molar-refractivity contribution is 0.590. The van der Waals surface area contributed by atoms with E-state index < -0.39 is 0 Å². The molecule has 0 fully saturated rings. The molecule has 0 saturated heterocycles. The number of thiocarbonyl (C=S) groups is 1. The van der Waals surface area contributed by atoms with E-state index in [1.54, 1.807) is 11.8 Å². The third kappa shape index (κ3) is 4.67. The van der Waals surface area contributed by atoms with E-state index in [1.165, 1.54) is 11.1 Å². The van der Waals surface area contributed by atoms with E-state index in [4.69, 9.17) is 12.2 Å². The molecule has 0 heterocycles. The van der Waals surface area contributed by atoms with Crippen molar-refractivity contribution in [1.82, 2.24) is 0 Å². The fourth-order valence-corrected chi connectivity index (χ4v) is 2.36. The SMILES string of the molecule is CC(=S)SCCc1ccc(C(C)(C)C)cc1. The van der Waals surface area contributed by atoms with E-state index in [-0.39, 0.29) is 5.41 Å². The van der Waals surface area contributed by atoms with Crippen molar-refractivity contribution >= 4 is 28.2 Å². The maximum atomic E-state index is 5.04. The summed E-state index contributed by atoms with van der Waals surface area (Å²) >= 11 is 6.81. The van der Waals surface area contributed by atoms with Crippen molar-refractivity contribution in [2.75, 3.05) is 5.75 Å². The van der Waals surface area contributed by atoms with Gasteiger partial charge < -0.3 is 0 Å². The molecule has 0 spiro atoms. The van der Waals surface area contributed by atoms with Crippen molar-refractivity contribution in [3.05, 3.63) is 35.4 Å². The third-order valence-corrected chi connectivity index (χ3v) is 3.68. The molecule has 2 heteroatoms. The summed E-state index contributed by atoms with van der Waals surface area (Å²) in [5.41, 5.74) is 3.05. The van der Waals surface area contributed by atoms with E-state index in [9.17, 15) is 0 Å². The van der Waals surface area contributed by atoms with Gasteiger partial charge in [-0.25, -0.2) is 0 Å². The molecule has 0 N–H and O–H groups in total. The Labute approximate surface area is 109 Å². The molecule has 0 aliphatic carbocycles. The number of rotatable bonds is 3. The fraction of sp³-hybridized carbons (Fsp3) is 0.500. The molecule has 0 unspecified atom stereocenters. The van der Waals surface area contributed by atoms with Gasteiger partial charge in [0.25, 0.3) is 0 Å². The monoisotopic (exact) mass is 252 g/mol. The summed E-state index contributed by atoms with van der Waals surface area (Å²) in [6.45, 7) is 8.72. The molecular weight excluding hydrogens is 232 g/mol. The summed E-state index contributed by atoms with van der Waals surface area (Å²) in [6, 6.07) is 8.95. The van der Waals surface area contributed by atoms with Gasteiger partial charge in [-0.3, -0.25) is 0 Å². The van der Waals surface area contributed by atoms with Crippen LogP contribution in [0.3, 0.4) is 0 Å². The van der Waals surface area contributed by atoms with Crippen molar-refractivity contribution in [3.63, 3.8) is 0 Å². The second-order valence-corrected chi connectivity index (χ2v) is 7.22. The molecule has 0 aliphatic rings. The van der Waals surface area contributed by atoms with Crippen LogP contribution >= 0.6 is 24.0 Å². The fourth-order valence-electron chi connectivity index (χ4n) is 1.48. The summed E-state index contributed by atoms with van der Waals surface area (Å²) in [5, 5.41) is 0. The third-order valence-electron chi connectivity index (χ3n) is 2.52. The van der Waals surface area contributed by atoms with Crippen LogP contribution in [0.4, 0.5) is 0 Å². The first-order valence-electron chi connectivity index (χ1n) is 5.62. The lowest BCUT2D eigenvalue weighted by Crippen LogP contribution is -2.10. The maximum Gasteiger partial charge on any atom is 0.0447 e. The largest absolute Gasteiger partial charge is 0.119 e. The summed E-state index contributed by atoms with van der Waals surface area (Å²) in [6.07, 6.45) is 1.10. The maximum absolute atomic E-state index is 5.04. The average Bonchev–Trinajstić information content (AvgIpc) is 2.16. The summed E-state index contributed by atoms with van der Waals surface area (Å²) in [4.78, 5) is 0. The van der Waals surface area contributed by atoms with Gasteiger partial charge in [-0.1, -0.05) is 57.3 Å². The Balaban J connectivity index is 2.55. The van der Waals surface area contributed by atoms with E-state index >= 15 is 0 Å². The molecule has 0 aliphatic heterocycles. The highest BCUT2D eigenvalue weighted by atomic mass is 32.2.